The number of likely N-dealkylation sites (tertiary alicyclic amines) is 1. The number of carbonyl (C=O) groups excluding carboxylic acids is 1. The summed E-state index contributed by atoms with van der Waals surface area (Å²) in [6.45, 7) is 4.24. The lowest BCUT2D eigenvalue weighted by Crippen LogP contribution is -2.54. The normalized spacial score (nSPS) is 19.5. The molecule has 36 heavy (non-hydrogen) atoms. The van der Waals surface area contributed by atoms with Gasteiger partial charge in [0.25, 0.3) is 0 Å². The first-order valence-electron chi connectivity index (χ1n) is 12.6. The summed E-state index contributed by atoms with van der Waals surface area (Å²) in [5.41, 5.74) is 4.79. The average Bonchev–Trinajstić information content (AvgIpc) is 3.58. The standard InChI is InChI=1S/C28H33N5OS2/c34-27(31-24-9-2-1-3-10-24)29-17-26-15-22-7-4-5-8-23(22)19-33(26)28(35)30-16-25-11-6-13-32(25)18-21-12-14-36-20-21/h1-5,7-10,12,14,20,25-26H,6,11,13,15-19H2,(H,30,35)(H2,29,31,34)/t25-,26+/m1/s1. The minimum atomic E-state index is -0.200. The van der Waals surface area contributed by atoms with Gasteiger partial charge in [0, 0.05) is 37.9 Å². The van der Waals surface area contributed by atoms with Crippen molar-refractivity contribution < 1.29 is 4.79 Å². The van der Waals surface area contributed by atoms with Gasteiger partial charge in [-0.15, -0.1) is 0 Å². The van der Waals surface area contributed by atoms with E-state index in [4.69, 9.17) is 12.2 Å². The van der Waals surface area contributed by atoms with Crippen molar-refractivity contribution in [3.63, 3.8) is 0 Å². The van der Waals surface area contributed by atoms with Crippen LogP contribution in [0.4, 0.5) is 10.5 Å². The second-order valence-corrected chi connectivity index (χ2v) is 10.7. The predicted octanol–water partition coefficient (Wildman–Crippen LogP) is 4.84. The van der Waals surface area contributed by atoms with Crippen LogP contribution in [-0.2, 0) is 19.5 Å². The number of fused-ring (bicyclic) bond motifs is 1. The number of rotatable bonds is 7. The molecule has 2 atom stereocenters. The Morgan fingerprint density at radius 3 is 2.56 bits per heavy atom. The molecular weight excluding hydrogens is 486 g/mol. The lowest BCUT2D eigenvalue weighted by molar-refractivity contribution is 0.232. The lowest BCUT2D eigenvalue weighted by atomic mass is 9.94. The van der Waals surface area contributed by atoms with Crippen molar-refractivity contribution in [1.29, 1.82) is 0 Å². The van der Waals surface area contributed by atoms with Crippen molar-refractivity contribution in [2.75, 3.05) is 25.0 Å². The van der Waals surface area contributed by atoms with E-state index < -0.39 is 0 Å². The molecule has 8 heteroatoms. The third-order valence-electron chi connectivity index (χ3n) is 7.10. The number of carbonyl (C=O) groups is 1. The number of thiophene rings is 1. The van der Waals surface area contributed by atoms with Crippen LogP contribution in [0.15, 0.2) is 71.4 Å². The molecule has 6 nitrogen and oxygen atoms in total. The third kappa shape index (κ3) is 6.24. The van der Waals surface area contributed by atoms with E-state index >= 15 is 0 Å². The molecule has 1 aromatic heterocycles. The Bertz CT molecular complexity index is 1150. The highest BCUT2D eigenvalue weighted by atomic mass is 32.1. The first-order chi connectivity index (χ1) is 17.7. The maximum Gasteiger partial charge on any atom is 0.319 e. The summed E-state index contributed by atoms with van der Waals surface area (Å²) < 4.78 is 0. The molecule has 1 saturated heterocycles. The number of thiocarbonyl (C=S) groups is 1. The molecule has 3 N–H and O–H groups in total. The van der Waals surface area contributed by atoms with E-state index in [0.717, 1.165) is 43.4 Å². The number of benzene rings is 2. The quantitative estimate of drug-likeness (QED) is 0.390. The highest BCUT2D eigenvalue weighted by Gasteiger charge is 2.30. The van der Waals surface area contributed by atoms with E-state index in [0.29, 0.717) is 12.6 Å². The molecular formula is C28H33N5OS2. The molecule has 5 rings (SSSR count). The van der Waals surface area contributed by atoms with Crippen LogP contribution in [-0.4, -0.2) is 52.7 Å². The van der Waals surface area contributed by atoms with Crippen molar-refractivity contribution >= 4 is 40.4 Å². The zero-order chi connectivity index (χ0) is 24.7. The van der Waals surface area contributed by atoms with Crippen molar-refractivity contribution in [2.24, 2.45) is 0 Å². The topological polar surface area (TPSA) is 59.6 Å². The first-order valence-corrected chi connectivity index (χ1v) is 14.0. The lowest BCUT2D eigenvalue weighted by Gasteiger charge is -2.39. The molecule has 1 fully saturated rings. The van der Waals surface area contributed by atoms with Crippen LogP contribution in [0.2, 0.25) is 0 Å². The molecule has 3 aromatic rings. The van der Waals surface area contributed by atoms with Crippen LogP contribution in [0, 0.1) is 0 Å². The van der Waals surface area contributed by atoms with E-state index in [9.17, 15) is 4.79 Å². The van der Waals surface area contributed by atoms with Gasteiger partial charge in [0.05, 0.1) is 6.04 Å². The number of para-hydroxylation sites is 1. The van der Waals surface area contributed by atoms with Gasteiger partial charge in [-0.05, 0) is 83.7 Å². The van der Waals surface area contributed by atoms with E-state index in [1.165, 1.54) is 29.5 Å². The highest BCUT2D eigenvalue weighted by molar-refractivity contribution is 7.80. The Morgan fingerprint density at radius 2 is 1.75 bits per heavy atom. The second-order valence-electron chi connectivity index (χ2n) is 9.54. The fourth-order valence-corrected chi connectivity index (χ4v) is 6.13. The third-order valence-corrected chi connectivity index (χ3v) is 8.21. The Labute approximate surface area is 222 Å². The molecule has 2 amide bonds. The van der Waals surface area contributed by atoms with E-state index in [1.54, 1.807) is 11.3 Å². The van der Waals surface area contributed by atoms with Gasteiger partial charge in [-0.25, -0.2) is 4.79 Å². The summed E-state index contributed by atoms with van der Waals surface area (Å²) in [7, 11) is 0. The average molecular weight is 520 g/mol. The molecule has 0 radical (unpaired) electrons. The number of urea groups is 1. The minimum Gasteiger partial charge on any atom is -0.361 e. The smallest absolute Gasteiger partial charge is 0.319 e. The van der Waals surface area contributed by atoms with Gasteiger partial charge in [-0.1, -0.05) is 42.5 Å². The van der Waals surface area contributed by atoms with Gasteiger partial charge < -0.3 is 20.9 Å². The number of anilines is 1. The van der Waals surface area contributed by atoms with Gasteiger partial charge in [-0.3, -0.25) is 4.90 Å². The number of nitrogens with zero attached hydrogens (tertiary/aromatic N) is 2. The van der Waals surface area contributed by atoms with Crippen molar-refractivity contribution in [3.8, 4) is 0 Å². The molecule has 3 heterocycles. The van der Waals surface area contributed by atoms with Crippen LogP contribution in [0.25, 0.3) is 0 Å². The highest BCUT2D eigenvalue weighted by Crippen LogP contribution is 2.24. The monoisotopic (exact) mass is 519 g/mol. The fraction of sp³-hybridized carbons (Fsp3) is 0.357. The molecule has 2 aliphatic rings. The second kappa shape index (κ2) is 11.9. The van der Waals surface area contributed by atoms with Gasteiger partial charge >= 0.3 is 6.03 Å². The Balaban J connectivity index is 1.20. The number of hydrogen-bond acceptors (Lipinski definition) is 4. The maximum absolute atomic E-state index is 12.5. The maximum atomic E-state index is 12.5. The molecule has 188 valence electrons. The predicted molar refractivity (Wildman–Crippen MR) is 151 cm³/mol. The summed E-state index contributed by atoms with van der Waals surface area (Å²) in [5, 5.41) is 14.7. The Hall–Kier alpha value is -2.94. The molecule has 0 aliphatic carbocycles. The van der Waals surface area contributed by atoms with Crippen LogP contribution in [0.1, 0.15) is 29.5 Å². The van der Waals surface area contributed by atoms with Crippen molar-refractivity contribution in [1.82, 2.24) is 20.4 Å². The van der Waals surface area contributed by atoms with Crippen molar-refractivity contribution in [2.45, 2.75) is 44.4 Å². The summed E-state index contributed by atoms with van der Waals surface area (Å²) in [6, 6.07) is 20.6. The SMILES string of the molecule is O=C(NC[C@@H]1Cc2ccccc2CN1C(=S)NC[C@H]1CCCN1Cc1ccsc1)Nc1ccccc1. The van der Waals surface area contributed by atoms with Crippen LogP contribution in [0.3, 0.4) is 0 Å². The van der Waals surface area contributed by atoms with Gasteiger partial charge in [0.1, 0.15) is 0 Å². The molecule has 0 spiro atoms. The van der Waals surface area contributed by atoms with Crippen LogP contribution in [0.5, 0.6) is 0 Å². The zero-order valence-corrected chi connectivity index (χ0v) is 22.0. The number of amides is 2. The van der Waals surface area contributed by atoms with Crippen molar-refractivity contribution in [3.05, 3.63) is 88.1 Å². The summed E-state index contributed by atoms with van der Waals surface area (Å²) in [5.74, 6) is 0. The van der Waals surface area contributed by atoms with E-state index in [2.05, 4.69) is 66.8 Å². The minimum absolute atomic E-state index is 0.0897. The number of nitrogens with one attached hydrogen (secondary N) is 3. The molecule has 2 aromatic carbocycles. The summed E-state index contributed by atoms with van der Waals surface area (Å²) in [4.78, 5) is 17.4. The van der Waals surface area contributed by atoms with E-state index in [1.807, 2.05) is 30.3 Å². The van der Waals surface area contributed by atoms with Gasteiger partial charge in [-0.2, -0.15) is 11.3 Å². The Morgan fingerprint density at radius 1 is 0.972 bits per heavy atom. The number of hydrogen-bond donors (Lipinski definition) is 3. The van der Waals surface area contributed by atoms with Gasteiger partial charge in [0.2, 0.25) is 0 Å². The van der Waals surface area contributed by atoms with Crippen LogP contribution >= 0.6 is 23.6 Å². The molecule has 0 bridgehead atoms. The molecule has 0 unspecified atom stereocenters. The van der Waals surface area contributed by atoms with E-state index in [-0.39, 0.29) is 12.1 Å². The summed E-state index contributed by atoms with van der Waals surface area (Å²) in [6.07, 6.45) is 3.26. The largest absolute Gasteiger partial charge is 0.361 e. The van der Waals surface area contributed by atoms with Gasteiger partial charge in [0.15, 0.2) is 5.11 Å². The molecule has 0 saturated carbocycles. The summed E-state index contributed by atoms with van der Waals surface area (Å²) >= 11 is 7.68. The Kier molecular flexibility index (Phi) is 8.15. The first kappa shape index (κ1) is 24.7. The zero-order valence-electron chi connectivity index (χ0n) is 20.4. The fourth-order valence-electron chi connectivity index (χ4n) is 5.17. The van der Waals surface area contributed by atoms with Crippen LogP contribution < -0.4 is 16.0 Å². The molecule has 2 aliphatic heterocycles.